The minimum atomic E-state index is -0.218. The maximum atomic E-state index is 12.1. The molecule has 0 radical (unpaired) electrons. The quantitative estimate of drug-likeness (QED) is 0.737. The zero-order chi connectivity index (χ0) is 17.6. The van der Waals surface area contributed by atoms with Gasteiger partial charge < -0.3 is 10.1 Å². The van der Waals surface area contributed by atoms with Gasteiger partial charge in [0.2, 0.25) is 0 Å². The molecule has 128 valence electrons. The van der Waals surface area contributed by atoms with E-state index in [-0.39, 0.29) is 12.5 Å². The van der Waals surface area contributed by atoms with Crippen molar-refractivity contribution in [2.45, 2.75) is 13.5 Å². The fourth-order valence-corrected chi connectivity index (χ4v) is 2.56. The normalized spacial score (nSPS) is 10.5. The number of hydrogen-bond acceptors (Lipinski definition) is 4. The lowest BCUT2D eigenvalue weighted by Gasteiger charge is -2.11. The average molecular weight is 357 g/mol. The third-order valence-electron chi connectivity index (χ3n) is 3.56. The summed E-state index contributed by atoms with van der Waals surface area (Å²) in [6.07, 6.45) is 5.17. The molecule has 0 saturated heterocycles. The van der Waals surface area contributed by atoms with E-state index in [1.807, 2.05) is 25.1 Å². The van der Waals surface area contributed by atoms with Crippen molar-refractivity contribution < 1.29 is 9.53 Å². The van der Waals surface area contributed by atoms with Crippen LogP contribution in [0.2, 0.25) is 5.02 Å². The largest absolute Gasteiger partial charge is 0.484 e. The van der Waals surface area contributed by atoms with E-state index in [2.05, 4.69) is 15.4 Å². The minimum Gasteiger partial charge on any atom is -0.484 e. The Bertz CT molecular complexity index is 865. The Morgan fingerprint density at radius 2 is 2.16 bits per heavy atom. The van der Waals surface area contributed by atoms with Crippen LogP contribution in [0.5, 0.6) is 5.75 Å². The number of ether oxygens (including phenoxy) is 1. The summed E-state index contributed by atoms with van der Waals surface area (Å²) in [5.74, 6) is 1.10. The fourth-order valence-electron chi connectivity index (χ4n) is 2.33. The van der Waals surface area contributed by atoms with Gasteiger partial charge >= 0.3 is 0 Å². The third kappa shape index (κ3) is 4.36. The second kappa shape index (κ2) is 7.81. The molecule has 0 bridgehead atoms. The van der Waals surface area contributed by atoms with Gasteiger partial charge in [0, 0.05) is 35.7 Å². The Kier molecular flexibility index (Phi) is 5.30. The first-order valence-corrected chi connectivity index (χ1v) is 8.11. The van der Waals surface area contributed by atoms with Crippen LogP contribution in [0.25, 0.3) is 5.82 Å². The number of carbonyl (C=O) groups excluding carboxylic acids is 1. The predicted molar refractivity (Wildman–Crippen MR) is 94.9 cm³/mol. The van der Waals surface area contributed by atoms with E-state index in [1.54, 1.807) is 41.5 Å². The Morgan fingerprint density at radius 1 is 1.28 bits per heavy atom. The Balaban J connectivity index is 1.58. The SMILES string of the molecule is Cc1cc(Cl)ccc1OCC(=O)NCc1cccnc1-n1cccn1. The molecule has 1 aromatic carbocycles. The predicted octanol–water partition coefficient (Wildman–Crippen LogP) is 2.92. The molecule has 0 fully saturated rings. The van der Waals surface area contributed by atoms with Crippen molar-refractivity contribution in [2.75, 3.05) is 6.61 Å². The average Bonchev–Trinajstić information content (AvgIpc) is 3.14. The fraction of sp³-hybridized carbons (Fsp3) is 0.167. The summed E-state index contributed by atoms with van der Waals surface area (Å²) >= 11 is 5.91. The highest BCUT2D eigenvalue weighted by Gasteiger charge is 2.09. The number of benzene rings is 1. The highest BCUT2D eigenvalue weighted by atomic mass is 35.5. The number of hydrogen-bond donors (Lipinski definition) is 1. The molecule has 0 aliphatic carbocycles. The van der Waals surface area contributed by atoms with Gasteiger partial charge in [-0.2, -0.15) is 5.10 Å². The molecule has 6 nitrogen and oxygen atoms in total. The molecular weight excluding hydrogens is 340 g/mol. The van der Waals surface area contributed by atoms with Crippen molar-refractivity contribution in [1.82, 2.24) is 20.1 Å². The monoisotopic (exact) mass is 356 g/mol. The van der Waals surface area contributed by atoms with Crippen LogP contribution in [0.1, 0.15) is 11.1 Å². The molecule has 1 amide bonds. The number of nitrogens with zero attached hydrogens (tertiary/aromatic N) is 3. The van der Waals surface area contributed by atoms with Crippen LogP contribution in [0, 0.1) is 6.92 Å². The maximum Gasteiger partial charge on any atom is 0.258 e. The van der Waals surface area contributed by atoms with Crippen LogP contribution in [0.4, 0.5) is 0 Å². The zero-order valence-corrected chi connectivity index (χ0v) is 14.4. The molecule has 7 heteroatoms. The smallest absolute Gasteiger partial charge is 0.258 e. The summed E-state index contributed by atoms with van der Waals surface area (Å²) in [6.45, 7) is 2.15. The summed E-state index contributed by atoms with van der Waals surface area (Å²) in [7, 11) is 0. The van der Waals surface area contributed by atoms with Crippen LogP contribution in [0.15, 0.2) is 55.0 Å². The van der Waals surface area contributed by atoms with Crippen molar-refractivity contribution in [3.05, 3.63) is 71.1 Å². The van der Waals surface area contributed by atoms with Gasteiger partial charge in [-0.05, 0) is 42.8 Å². The lowest BCUT2D eigenvalue weighted by atomic mass is 10.2. The second-order valence-corrected chi connectivity index (χ2v) is 5.85. The van der Waals surface area contributed by atoms with E-state index in [0.717, 1.165) is 11.1 Å². The Labute approximate surface area is 150 Å². The number of carbonyl (C=O) groups is 1. The molecule has 1 N–H and O–H groups in total. The first-order chi connectivity index (χ1) is 12.1. The van der Waals surface area contributed by atoms with Crippen molar-refractivity contribution in [3.63, 3.8) is 0 Å². The molecule has 3 aromatic rings. The van der Waals surface area contributed by atoms with E-state index in [0.29, 0.717) is 23.1 Å². The van der Waals surface area contributed by atoms with E-state index in [4.69, 9.17) is 16.3 Å². The number of nitrogens with one attached hydrogen (secondary N) is 1. The molecule has 0 unspecified atom stereocenters. The minimum absolute atomic E-state index is 0.0696. The van der Waals surface area contributed by atoms with Crippen molar-refractivity contribution in [1.29, 1.82) is 0 Å². The molecule has 0 aliphatic heterocycles. The van der Waals surface area contributed by atoms with Crippen LogP contribution >= 0.6 is 11.6 Å². The van der Waals surface area contributed by atoms with Crippen LogP contribution in [-0.2, 0) is 11.3 Å². The molecule has 0 saturated carbocycles. The first-order valence-electron chi connectivity index (χ1n) is 7.73. The number of halogens is 1. The standard InChI is InChI=1S/C18H17ClN4O2/c1-13-10-15(19)5-6-16(13)25-12-17(24)21-11-14-4-2-7-20-18(14)23-9-3-8-22-23/h2-10H,11-12H2,1H3,(H,21,24). The first kappa shape index (κ1) is 17.0. The lowest BCUT2D eigenvalue weighted by molar-refractivity contribution is -0.123. The van der Waals surface area contributed by atoms with Gasteiger partial charge in [-0.25, -0.2) is 9.67 Å². The number of aryl methyl sites for hydroxylation is 1. The highest BCUT2D eigenvalue weighted by Crippen LogP contribution is 2.21. The molecule has 2 aromatic heterocycles. The molecule has 0 aliphatic rings. The van der Waals surface area contributed by atoms with E-state index in [1.165, 1.54) is 0 Å². The van der Waals surface area contributed by atoms with E-state index in [9.17, 15) is 4.79 Å². The summed E-state index contributed by atoms with van der Waals surface area (Å²) in [4.78, 5) is 16.4. The molecule has 25 heavy (non-hydrogen) atoms. The summed E-state index contributed by atoms with van der Waals surface area (Å²) in [6, 6.07) is 10.8. The van der Waals surface area contributed by atoms with Gasteiger partial charge in [0.15, 0.2) is 12.4 Å². The Morgan fingerprint density at radius 3 is 2.92 bits per heavy atom. The number of rotatable bonds is 6. The number of amides is 1. The Hall–Kier alpha value is -2.86. The summed E-state index contributed by atoms with van der Waals surface area (Å²) in [5, 5.41) is 7.64. The van der Waals surface area contributed by atoms with Gasteiger partial charge in [-0.15, -0.1) is 0 Å². The van der Waals surface area contributed by atoms with E-state index < -0.39 is 0 Å². The van der Waals surface area contributed by atoms with Crippen molar-refractivity contribution >= 4 is 17.5 Å². The van der Waals surface area contributed by atoms with Gasteiger partial charge in [0.05, 0.1) is 0 Å². The summed E-state index contributed by atoms with van der Waals surface area (Å²) < 4.78 is 7.20. The molecule has 3 rings (SSSR count). The van der Waals surface area contributed by atoms with E-state index >= 15 is 0 Å². The number of pyridine rings is 1. The number of aromatic nitrogens is 3. The van der Waals surface area contributed by atoms with Crippen LogP contribution in [-0.4, -0.2) is 27.3 Å². The molecule has 0 spiro atoms. The van der Waals surface area contributed by atoms with Gasteiger partial charge in [-0.3, -0.25) is 4.79 Å². The molecule has 0 atom stereocenters. The molecule has 2 heterocycles. The van der Waals surface area contributed by atoms with Crippen molar-refractivity contribution in [3.8, 4) is 11.6 Å². The van der Waals surface area contributed by atoms with Crippen LogP contribution < -0.4 is 10.1 Å². The zero-order valence-electron chi connectivity index (χ0n) is 13.6. The van der Waals surface area contributed by atoms with Gasteiger partial charge in [0.25, 0.3) is 5.91 Å². The summed E-state index contributed by atoms with van der Waals surface area (Å²) in [5.41, 5.74) is 1.75. The van der Waals surface area contributed by atoms with Crippen molar-refractivity contribution in [2.24, 2.45) is 0 Å². The van der Waals surface area contributed by atoms with Gasteiger partial charge in [0.1, 0.15) is 5.75 Å². The molecular formula is C18H17ClN4O2. The third-order valence-corrected chi connectivity index (χ3v) is 3.80. The maximum absolute atomic E-state index is 12.1. The highest BCUT2D eigenvalue weighted by molar-refractivity contribution is 6.30. The second-order valence-electron chi connectivity index (χ2n) is 5.41. The topological polar surface area (TPSA) is 69.0 Å². The van der Waals surface area contributed by atoms with Crippen LogP contribution in [0.3, 0.4) is 0 Å². The van der Waals surface area contributed by atoms with Gasteiger partial charge in [-0.1, -0.05) is 17.7 Å². The lowest BCUT2D eigenvalue weighted by Crippen LogP contribution is -2.29.